The molecule has 0 aliphatic carbocycles. The first-order chi connectivity index (χ1) is 8.61. The Morgan fingerprint density at radius 3 is 2.72 bits per heavy atom. The van der Waals surface area contributed by atoms with Gasteiger partial charge in [-0.2, -0.15) is 0 Å². The summed E-state index contributed by atoms with van der Waals surface area (Å²) in [5.74, 6) is -1.79. The first kappa shape index (κ1) is 11.8. The second kappa shape index (κ2) is 4.66. The molecule has 0 saturated heterocycles. The maximum absolute atomic E-state index is 11.4. The van der Waals surface area contributed by atoms with Gasteiger partial charge in [0.1, 0.15) is 17.7 Å². The van der Waals surface area contributed by atoms with Crippen molar-refractivity contribution in [2.24, 2.45) is 0 Å². The Kier molecular flexibility index (Phi) is 3.05. The molecule has 2 rings (SSSR count). The molecule has 2 aromatic heterocycles. The van der Waals surface area contributed by atoms with Crippen LogP contribution in [0.1, 0.15) is 20.8 Å². The van der Waals surface area contributed by atoms with Crippen LogP contribution in [-0.2, 0) is 4.74 Å². The van der Waals surface area contributed by atoms with E-state index in [2.05, 4.69) is 14.7 Å². The molecule has 0 aromatic carbocycles. The molecule has 0 unspecified atom stereocenters. The predicted octanol–water partition coefficient (Wildman–Crippen LogP) is 1.22. The van der Waals surface area contributed by atoms with Gasteiger partial charge in [0, 0.05) is 0 Å². The van der Waals surface area contributed by atoms with Crippen molar-refractivity contribution in [1.29, 1.82) is 0 Å². The van der Waals surface area contributed by atoms with Gasteiger partial charge in [-0.15, -0.1) is 0 Å². The molecule has 2 aromatic rings. The van der Waals surface area contributed by atoms with E-state index in [0.29, 0.717) is 0 Å². The fraction of sp³-hybridized carbons (Fsp3) is 0.0909. The molecule has 1 N–H and O–H groups in total. The number of hydrogen-bond acceptors (Lipinski definition) is 6. The van der Waals surface area contributed by atoms with Crippen LogP contribution in [-0.4, -0.2) is 34.1 Å². The van der Waals surface area contributed by atoms with Gasteiger partial charge in [0.05, 0.1) is 18.9 Å². The Hall–Kier alpha value is -2.70. The minimum absolute atomic E-state index is 0.0985. The highest BCUT2D eigenvalue weighted by Crippen LogP contribution is 2.17. The summed E-state index contributed by atoms with van der Waals surface area (Å²) >= 11 is 0. The van der Waals surface area contributed by atoms with Crippen LogP contribution in [0.5, 0.6) is 0 Å². The van der Waals surface area contributed by atoms with Gasteiger partial charge in [0.15, 0.2) is 0 Å². The monoisotopic (exact) mass is 248 g/mol. The molecule has 0 radical (unpaired) electrons. The molecule has 0 fully saturated rings. The topological polar surface area (TPSA) is 103 Å². The molecule has 0 amide bonds. The molecule has 0 bridgehead atoms. The van der Waals surface area contributed by atoms with Crippen molar-refractivity contribution in [1.82, 2.24) is 9.97 Å². The molecule has 2 heterocycles. The van der Waals surface area contributed by atoms with E-state index >= 15 is 0 Å². The van der Waals surface area contributed by atoms with Crippen molar-refractivity contribution in [3.8, 4) is 11.6 Å². The zero-order valence-electron chi connectivity index (χ0n) is 9.28. The van der Waals surface area contributed by atoms with Gasteiger partial charge in [0.25, 0.3) is 0 Å². The lowest BCUT2D eigenvalue weighted by Crippen LogP contribution is -2.08. The Labute approximate surface area is 101 Å². The third kappa shape index (κ3) is 2.19. The van der Waals surface area contributed by atoms with Crippen molar-refractivity contribution in [3.63, 3.8) is 0 Å². The number of carboxylic acid groups (broad SMARTS) is 1. The van der Waals surface area contributed by atoms with E-state index < -0.39 is 11.9 Å². The van der Waals surface area contributed by atoms with E-state index in [0.717, 1.165) is 6.07 Å². The molecule has 7 nitrogen and oxygen atoms in total. The fourth-order valence-electron chi connectivity index (χ4n) is 1.32. The summed E-state index contributed by atoms with van der Waals surface area (Å²) in [4.78, 5) is 30.1. The normalized spacial score (nSPS) is 10.1. The second-order valence-electron chi connectivity index (χ2n) is 3.26. The largest absolute Gasteiger partial charge is 0.478 e. The lowest BCUT2D eigenvalue weighted by molar-refractivity contribution is 0.0594. The molecule has 92 valence electrons. The Morgan fingerprint density at radius 1 is 1.39 bits per heavy atom. The summed E-state index contributed by atoms with van der Waals surface area (Å²) in [5.41, 5.74) is -0.0653. The van der Waals surface area contributed by atoms with Gasteiger partial charge in [-0.1, -0.05) is 0 Å². The van der Waals surface area contributed by atoms with Crippen LogP contribution in [0.15, 0.2) is 29.0 Å². The summed E-state index contributed by atoms with van der Waals surface area (Å²) in [7, 11) is 1.18. The van der Waals surface area contributed by atoms with Crippen LogP contribution >= 0.6 is 0 Å². The minimum atomic E-state index is -1.18. The molecular formula is C11H8N2O5. The SMILES string of the molecule is COC(=O)c1cc(C(=O)O)cc(-c2ncco2)n1. The van der Waals surface area contributed by atoms with Gasteiger partial charge >= 0.3 is 11.9 Å². The lowest BCUT2D eigenvalue weighted by atomic mass is 10.2. The number of rotatable bonds is 3. The Morgan fingerprint density at radius 2 is 2.17 bits per heavy atom. The number of carboxylic acids is 1. The van der Waals surface area contributed by atoms with E-state index in [-0.39, 0.29) is 22.8 Å². The summed E-state index contributed by atoms with van der Waals surface area (Å²) in [6.45, 7) is 0. The van der Waals surface area contributed by atoms with Crippen molar-refractivity contribution in [2.45, 2.75) is 0 Å². The summed E-state index contributed by atoms with van der Waals surface area (Å²) in [6, 6.07) is 2.39. The maximum atomic E-state index is 11.4. The molecular weight excluding hydrogens is 240 g/mol. The number of carbonyl (C=O) groups is 2. The Bertz CT molecular complexity index is 591. The van der Waals surface area contributed by atoms with Gasteiger partial charge in [-0.05, 0) is 12.1 Å². The number of hydrogen-bond donors (Lipinski definition) is 1. The second-order valence-corrected chi connectivity index (χ2v) is 3.26. The highest BCUT2D eigenvalue weighted by Gasteiger charge is 2.16. The van der Waals surface area contributed by atoms with E-state index in [1.807, 2.05) is 0 Å². The molecule has 0 aliphatic rings. The third-order valence-corrected chi connectivity index (χ3v) is 2.12. The van der Waals surface area contributed by atoms with Gasteiger partial charge in [-0.25, -0.2) is 19.6 Å². The highest BCUT2D eigenvalue weighted by molar-refractivity contribution is 5.94. The van der Waals surface area contributed by atoms with Crippen LogP contribution in [0.3, 0.4) is 0 Å². The molecule has 0 spiro atoms. The van der Waals surface area contributed by atoms with Crippen LogP contribution in [0, 0.1) is 0 Å². The molecule has 18 heavy (non-hydrogen) atoms. The number of methoxy groups -OCH3 is 1. The van der Waals surface area contributed by atoms with E-state index in [1.165, 1.54) is 25.6 Å². The average Bonchev–Trinajstić information content (AvgIpc) is 2.91. The van der Waals surface area contributed by atoms with Crippen LogP contribution < -0.4 is 0 Å². The average molecular weight is 248 g/mol. The third-order valence-electron chi connectivity index (χ3n) is 2.12. The summed E-state index contributed by atoms with van der Waals surface area (Å²) < 4.78 is 9.50. The molecule has 0 aliphatic heterocycles. The van der Waals surface area contributed by atoms with Crippen molar-refractivity contribution in [2.75, 3.05) is 7.11 Å². The summed E-state index contributed by atoms with van der Waals surface area (Å²) in [5, 5.41) is 8.95. The number of esters is 1. The van der Waals surface area contributed by atoms with E-state index in [4.69, 9.17) is 9.52 Å². The number of carbonyl (C=O) groups excluding carboxylic acids is 1. The van der Waals surface area contributed by atoms with Crippen molar-refractivity contribution >= 4 is 11.9 Å². The van der Waals surface area contributed by atoms with E-state index in [9.17, 15) is 9.59 Å². The van der Waals surface area contributed by atoms with Crippen LogP contribution in [0.4, 0.5) is 0 Å². The zero-order valence-corrected chi connectivity index (χ0v) is 9.28. The molecule has 7 heteroatoms. The number of oxazole rings is 1. The fourth-order valence-corrected chi connectivity index (χ4v) is 1.32. The number of ether oxygens (including phenoxy) is 1. The lowest BCUT2D eigenvalue weighted by Gasteiger charge is -2.03. The zero-order chi connectivity index (χ0) is 13.1. The first-order valence-corrected chi connectivity index (χ1v) is 4.85. The number of nitrogens with zero attached hydrogens (tertiary/aromatic N) is 2. The van der Waals surface area contributed by atoms with Gasteiger partial charge in [0.2, 0.25) is 5.89 Å². The minimum Gasteiger partial charge on any atom is -0.478 e. The first-order valence-electron chi connectivity index (χ1n) is 4.85. The summed E-state index contributed by atoms with van der Waals surface area (Å²) in [6.07, 6.45) is 2.71. The smallest absolute Gasteiger partial charge is 0.356 e. The quantitative estimate of drug-likeness (QED) is 0.814. The van der Waals surface area contributed by atoms with Gasteiger partial charge < -0.3 is 14.3 Å². The van der Waals surface area contributed by atoms with Gasteiger partial charge in [-0.3, -0.25) is 0 Å². The van der Waals surface area contributed by atoms with E-state index in [1.54, 1.807) is 0 Å². The predicted molar refractivity (Wildman–Crippen MR) is 58.0 cm³/mol. The molecule has 0 saturated carbocycles. The number of pyridine rings is 1. The number of aromatic carboxylic acids is 1. The van der Waals surface area contributed by atoms with Crippen molar-refractivity contribution < 1.29 is 23.8 Å². The van der Waals surface area contributed by atoms with Crippen LogP contribution in [0.2, 0.25) is 0 Å². The number of aromatic nitrogens is 2. The van der Waals surface area contributed by atoms with Crippen molar-refractivity contribution in [3.05, 3.63) is 35.9 Å². The standard InChI is InChI=1S/C11H8N2O5/c1-17-11(16)8-5-6(10(14)15)4-7(13-8)9-12-2-3-18-9/h2-5H,1H3,(H,14,15). The Balaban J connectivity index is 2.57. The molecule has 0 atom stereocenters. The maximum Gasteiger partial charge on any atom is 0.356 e. The highest BCUT2D eigenvalue weighted by atomic mass is 16.5. The van der Waals surface area contributed by atoms with Crippen LogP contribution in [0.25, 0.3) is 11.6 Å².